The van der Waals surface area contributed by atoms with Gasteiger partial charge in [0.05, 0.1) is 22.7 Å². The highest BCUT2D eigenvalue weighted by molar-refractivity contribution is 7.37. The van der Waals surface area contributed by atoms with Crippen molar-refractivity contribution in [3.8, 4) is 5.75 Å². The molecule has 0 bridgehead atoms. The van der Waals surface area contributed by atoms with Crippen LogP contribution in [0.25, 0.3) is 0 Å². The summed E-state index contributed by atoms with van der Waals surface area (Å²) in [7, 11) is 1.94. The van der Waals surface area contributed by atoms with Crippen LogP contribution in [0.3, 0.4) is 0 Å². The van der Waals surface area contributed by atoms with Crippen molar-refractivity contribution < 1.29 is 4.74 Å². The molecule has 0 saturated carbocycles. The fourth-order valence-corrected chi connectivity index (χ4v) is 4.21. The van der Waals surface area contributed by atoms with Crippen LogP contribution in [0, 0.1) is 5.41 Å². The number of hydrogen-bond acceptors (Lipinski definition) is 2. The summed E-state index contributed by atoms with van der Waals surface area (Å²) in [6.07, 6.45) is 0.916. The fourth-order valence-electron chi connectivity index (χ4n) is 2.61. The summed E-state index contributed by atoms with van der Waals surface area (Å²) in [5.74, 6) is 1.06. The molecule has 152 valence electrons. The fraction of sp³-hybridized carbons (Fsp3) is 0.318. The molecule has 2 atom stereocenters. The van der Waals surface area contributed by atoms with Crippen LogP contribution >= 0.6 is 31.9 Å². The molecule has 3 nitrogen and oxygen atoms in total. The first-order valence-corrected chi connectivity index (χ1v) is 11.1. The second-order valence-corrected chi connectivity index (χ2v) is 8.10. The first kappa shape index (κ1) is 24.5. The van der Waals surface area contributed by atoms with Crippen molar-refractivity contribution in [1.29, 1.82) is 5.41 Å². The minimum atomic E-state index is 0.219. The predicted molar refractivity (Wildman–Crippen MR) is 126 cm³/mol. The van der Waals surface area contributed by atoms with Crippen molar-refractivity contribution in [3.05, 3.63) is 75.9 Å². The lowest BCUT2D eigenvalue weighted by Crippen LogP contribution is -2.22. The first-order valence-electron chi connectivity index (χ1n) is 9.27. The Bertz CT molecular complexity index is 811. The summed E-state index contributed by atoms with van der Waals surface area (Å²) < 4.78 is 7.35. The van der Waals surface area contributed by atoms with E-state index in [9.17, 15) is 0 Å². The van der Waals surface area contributed by atoms with E-state index in [2.05, 4.69) is 13.5 Å². The molecular formula is C22H29Cl2N2OP. The van der Waals surface area contributed by atoms with Crippen molar-refractivity contribution >= 4 is 37.8 Å². The molecule has 6 heteroatoms. The van der Waals surface area contributed by atoms with Crippen molar-refractivity contribution in [2.24, 2.45) is 0 Å². The number of allylic oxidation sites excluding steroid dienone is 1. The van der Waals surface area contributed by atoms with Gasteiger partial charge in [0.2, 0.25) is 0 Å². The lowest BCUT2D eigenvalue weighted by Gasteiger charge is -2.30. The first-order chi connectivity index (χ1) is 13.4. The molecule has 2 aromatic rings. The standard InChI is InChI=1S/C20H23Cl2N2OP.C2H6/c1-5-19(14-10-11-16(21)17(22)12-14)26-24(13(2)3)20(23)15-8-6-7-9-18(15)25-4;1-2/h6-12,19,23,26H,2,5H2,1,3-4H3;1-2H3. The molecule has 2 aromatic carbocycles. The van der Waals surface area contributed by atoms with Crippen LogP contribution < -0.4 is 4.74 Å². The molecule has 1 N–H and O–H groups in total. The molecule has 2 unspecified atom stereocenters. The van der Waals surface area contributed by atoms with Crippen LogP contribution in [0.15, 0.2) is 54.7 Å². The van der Waals surface area contributed by atoms with Gasteiger partial charge < -0.3 is 9.41 Å². The Morgan fingerprint density at radius 2 is 1.82 bits per heavy atom. The molecule has 0 amide bonds. The summed E-state index contributed by atoms with van der Waals surface area (Å²) in [5.41, 5.74) is 2.89. The predicted octanol–water partition coefficient (Wildman–Crippen LogP) is 7.93. The Hall–Kier alpha value is -1.54. The number of ether oxygens (including phenoxy) is 1. The number of rotatable bonds is 7. The van der Waals surface area contributed by atoms with E-state index < -0.39 is 0 Å². The van der Waals surface area contributed by atoms with E-state index in [0.717, 1.165) is 23.2 Å². The van der Waals surface area contributed by atoms with Gasteiger partial charge in [0.1, 0.15) is 11.6 Å². The van der Waals surface area contributed by atoms with Gasteiger partial charge in [-0.2, -0.15) is 0 Å². The van der Waals surface area contributed by atoms with Crippen LogP contribution in [-0.2, 0) is 0 Å². The summed E-state index contributed by atoms with van der Waals surface area (Å²) in [6, 6.07) is 13.3. The minimum Gasteiger partial charge on any atom is -0.496 e. The zero-order chi connectivity index (χ0) is 21.3. The quantitative estimate of drug-likeness (QED) is 0.270. The van der Waals surface area contributed by atoms with Crippen LogP contribution in [0.1, 0.15) is 50.9 Å². The number of nitrogens with zero attached hydrogens (tertiary/aromatic N) is 1. The molecular weight excluding hydrogens is 410 g/mol. The lowest BCUT2D eigenvalue weighted by molar-refractivity contribution is 0.413. The second-order valence-electron chi connectivity index (χ2n) is 5.88. The Balaban J connectivity index is 0.00000190. The monoisotopic (exact) mass is 438 g/mol. The highest BCUT2D eigenvalue weighted by Crippen LogP contribution is 2.44. The van der Waals surface area contributed by atoms with E-state index in [-0.39, 0.29) is 5.66 Å². The maximum atomic E-state index is 8.71. The largest absolute Gasteiger partial charge is 0.496 e. The van der Waals surface area contributed by atoms with Gasteiger partial charge in [-0.1, -0.05) is 68.8 Å². The average molecular weight is 439 g/mol. The zero-order valence-corrected chi connectivity index (χ0v) is 19.7. The van der Waals surface area contributed by atoms with Crippen LogP contribution in [0.2, 0.25) is 10.0 Å². The minimum absolute atomic E-state index is 0.219. The normalized spacial score (nSPS) is 11.5. The molecule has 2 rings (SSSR count). The van der Waals surface area contributed by atoms with E-state index >= 15 is 0 Å². The van der Waals surface area contributed by atoms with Gasteiger partial charge in [0.15, 0.2) is 0 Å². The van der Waals surface area contributed by atoms with Gasteiger partial charge in [0.25, 0.3) is 0 Å². The molecule has 0 radical (unpaired) electrons. The second kappa shape index (κ2) is 12.1. The molecule has 0 aliphatic rings. The third-order valence-electron chi connectivity index (χ3n) is 4.01. The van der Waals surface area contributed by atoms with Gasteiger partial charge >= 0.3 is 0 Å². The van der Waals surface area contributed by atoms with Gasteiger partial charge in [-0.05, 0) is 51.9 Å². The summed E-state index contributed by atoms with van der Waals surface area (Å²) in [5, 5.41) is 9.81. The van der Waals surface area contributed by atoms with E-state index in [4.69, 9.17) is 33.3 Å². The highest BCUT2D eigenvalue weighted by Gasteiger charge is 2.21. The van der Waals surface area contributed by atoms with Gasteiger partial charge in [-0.3, -0.25) is 5.41 Å². The van der Waals surface area contributed by atoms with Crippen LogP contribution in [0.4, 0.5) is 0 Å². The Morgan fingerprint density at radius 1 is 1.18 bits per heavy atom. The highest BCUT2D eigenvalue weighted by atomic mass is 35.5. The van der Waals surface area contributed by atoms with Crippen molar-refractivity contribution in [2.45, 2.75) is 39.8 Å². The molecule has 28 heavy (non-hydrogen) atoms. The van der Waals surface area contributed by atoms with E-state index in [1.165, 1.54) is 0 Å². The van der Waals surface area contributed by atoms with Gasteiger partial charge in [0, 0.05) is 11.4 Å². The third-order valence-corrected chi connectivity index (χ3v) is 6.66. The van der Waals surface area contributed by atoms with Crippen molar-refractivity contribution in [1.82, 2.24) is 4.67 Å². The number of nitrogens with one attached hydrogen (secondary N) is 1. The van der Waals surface area contributed by atoms with E-state index in [0.29, 0.717) is 30.4 Å². The topological polar surface area (TPSA) is 36.3 Å². The maximum Gasteiger partial charge on any atom is 0.139 e. The smallest absolute Gasteiger partial charge is 0.139 e. The average Bonchev–Trinajstić information content (AvgIpc) is 2.71. The van der Waals surface area contributed by atoms with Crippen LogP contribution in [-0.4, -0.2) is 17.6 Å². The summed E-state index contributed by atoms with van der Waals surface area (Å²) in [4.78, 5) is 0. The Kier molecular flexibility index (Phi) is 10.6. The third kappa shape index (κ3) is 6.24. The summed E-state index contributed by atoms with van der Waals surface area (Å²) in [6.45, 7) is 12.1. The molecule has 0 saturated heterocycles. The van der Waals surface area contributed by atoms with Gasteiger partial charge in [-0.15, -0.1) is 0 Å². The molecule has 0 heterocycles. The SMILES string of the molecule is C=C(C)N(PC(CC)c1ccc(Cl)c(Cl)c1)C(=N)c1ccccc1OC.CC. The molecule has 0 aromatic heterocycles. The van der Waals surface area contributed by atoms with Gasteiger partial charge in [-0.25, -0.2) is 0 Å². The molecule has 0 aliphatic heterocycles. The number of halogens is 2. The number of para-hydroxylation sites is 1. The Labute approximate surface area is 181 Å². The Morgan fingerprint density at radius 3 is 2.36 bits per heavy atom. The number of amidine groups is 1. The number of methoxy groups -OCH3 is 1. The maximum absolute atomic E-state index is 8.71. The van der Waals surface area contributed by atoms with E-state index in [1.54, 1.807) is 7.11 Å². The van der Waals surface area contributed by atoms with Crippen molar-refractivity contribution in [2.75, 3.05) is 7.11 Å². The van der Waals surface area contributed by atoms with E-state index in [1.807, 2.05) is 67.9 Å². The van der Waals surface area contributed by atoms with Crippen LogP contribution in [0.5, 0.6) is 5.75 Å². The zero-order valence-electron chi connectivity index (χ0n) is 17.1. The van der Waals surface area contributed by atoms with Crippen molar-refractivity contribution in [3.63, 3.8) is 0 Å². The summed E-state index contributed by atoms with van der Waals surface area (Å²) >= 11 is 12.2. The number of benzene rings is 2. The number of hydrogen-bond donors (Lipinski definition) is 1. The molecule has 0 spiro atoms. The molecule has 0 aliphatic carbocycles. The molecule has 0 fully saturated rings. The lowest BCUT2D eigenvalue weighted by atomic mass is 10.1.